The lowest BCUT2D eigenvalue weighted by molar-refractivity contribution is -0.166. The predicted molar refractivity (Wildman–Crippen MR) is 78.3 cm³/mol. The zero-order valence-electron chi connectivity index (χ0n) is 12.6. The lowest BCUT2D eigenvalue weighted by Crippen LogP contribution is -2.74. The van der Waals surface area contributed by atoms with E-state index >= 15 is 0 Å². The van der Waals surface area contributed by atoms with E-state index in [0.29, 0.717) is 18.7 Å². The molecule has 0 radical (unpaired) electrons. The third kappa shape index (κ3) is 2.21. The van der Waals surface area contributed by atoms with Crippen LogP contribution in [-0.2, 0) is 9.53 Å². The number of carbonyl (C=O) groups is 1. The second kappa shape index (κ2) is 5.14. The Hall–Kier alpha value is -1.46. The highest BCUT2D eigenvalue weighted by Crippen LogP contribution is 2.50. The summed E-state index contributed by atoms with van der Waals surface area (Å²) in [7, 11) is 0. The molecule has 1 aromatic heterocycles. The van der Waals surface area contributed by atoms with Gasteiger partial charge in [0, 0.05) is 24.6 Å². The van der Waals surface area contributed by atoms with Crippen LogP contribution in [0.2, 0.25) is 0 Å². The van der Waals surface area contributed by atoms with Crippen LogP contribution in [0.1, 0.15) is 32.9 Å². The fourth-order valence-corrected chi connectivity index (χ4v) is 2.67. The Morgan fingerprint density at radius 1 is 1.60 bits per heavy atom. The maximum absolute atomic E-state index is 12.5. The molecule has 5 heteroatoms. The number of nitrogens with one attached hydrogen (secondary N) is 1. The van der Waals surface area contributed by atoms with Gasteiger partial charge in [-0.1, -0.05) is 13.8 Å². The van der Waals surface area contributed by atoms with Crippen LogP contribution in [0.5, 0.6) is 0 Å². The number of carbonyl (C=O) groups excluding carboxylic acids is 1. The molecule has 2 unspecified atom stereocenters. The van der Waals surface area contributed by atoms with Crippen LogP contribution in [0.25, 0.3) is 0 Å². The molecule has 1 amide bonds. The molecule has 5 nitrogen and oxygen atoms in total. The van der Waals surface area contributed by atoms with Gasteiger partial charge >= 0.3 is 0 Å². The van der Waals surface area contributed by atoms with Crippen LogP contribution in [0.4, 0.5) is 5.69 Å². The molecule has 0 aliphatic heterocycles. The molecule has 110 valence electrons. The molecule has 1 aliphatic carbocycles. The standard InChI is InChI=1S/C15H23N3O2/c1-5-20-12-9-15(16,14(12,3)4)13(19)18-11-7-6-8-17-10(11)2/h6-8,12H,5,9,16H2,1-4H3,(H,18,19). The minimum absolute atomic E-state index is 0.0262. The number of nitrogens with two attached hydrogens (primary N) is 1. The monoisotopic (exact) mass is 277 g/mol. The zero-order chi connectivity index (χ0) is 15.0. The van der Waals surface area contributed by atoms with Crippen molar-refractivity contribution >= 4 is 11.6 Å². The van der Waals surface area contributed by atoms with Crippen molar-refractivity contribution in [2.24, 2.45) is 11.1 Å². The van der Waals surface area contributed by atoms with Gasteiger partial charge < -0.3 is 15.8 Å². The van der Waals surface area contributed by atoms with Crippen LogP contribution in [0, 0.1) is 12.3 Å². The molecule has 2 atom stereocenters. The van der Waals surface area contributed by atoms with Gasteiger partial charge in [0.05, 0.1) is 17.5 Å². The number of aromatic nitrogens is 1. The summed E-state index contributed by atoms with van der Waals surface area (Å²) in [4.78, 5) is 16.7. The Balaban J connectivity index is 2.12. The van der Waals surface area contributed by atoms with Gasteiger partial charge in [-0.25, -0.2) is 0 Å². The van der Waals surface area contributed by atoms with Crippen molar-refractivity contribution < 1.29 is 9.53 Å². The predicted octanol–water partition coefficient (Wildman–Crippen LogP) is 1.86. The fourth-order valence-electron chi connectivity index (χ4n) is 2.67. The maximum Gasteiger partial charge on any atom is 0.245 e. The highest BCUT2D eigenvalue weighted by Gasteiger charge is 2.62. The van der Waals surface area contributed by atoms with Crippen LogP contribution in [-0.4, -0.2) is 29.1 Å². The Kier molecular flexibility index (Phi) is 3.84. The maximum atomic E-state index is 12.5. The molecule has 1 aliphatic rings. The largest absolute Gasteiger partial charge is 0.378 e. The SMILES string of the molecule is CCOC1CC(N)(C(=O)Nc2cccnc2C)C1(C)C. The first-order chi connectivity index (χ1) is 9.33. The highest BCUT2D eigenvalue weighted by atomic mass is 16.5. The van der Waals surface area contributed by atoms with Gasteiger partial charge in [0.25, 0.3) is 0 Å². The van der Waals surface area contributed by atoms with Gasteiger partial charge in [0.2, 0.25) is 5.91 Å². The van der Waals surface area contributed by atoms with Gasteiger partial charge in [-0.3, -0.25) is 9.78 Å². The first-order valence-corrected chi connectivity index (χ1v) is 6.96. The number of anilines is 1. The molecule has 3 N–H and O–H groups in total. The first kappa shape index (κ1) is 14.9. The Labute approximate surface area is 119 Å². The molecule has 0 saturated heterocycles. The molecular formula is C15H23N3O2. The second-order valence-electron chi connectivity index (χ2n) is 5.93. The lowest BCUT2D eigenvalue weighted by atomic mass is 9.54. The van der Waals surface area contributed by atoms with E-state index in [4.69, 9.17) is 10.5 Å². The fraction of sp³-hybridized carbons (Fsp3) is 0.600. The van der Waals surface area contributed by atoms with Gasteiger partial charge in [0.15, 0.2) is 0 Å². The summed E-state index contributed by atoms with van der Waals surface area (Å²) in [5.41, 5.74) is 6.52. The van der Waals surface area contributed by atoms with E-state index in [1.54, 1.807) is 12.3 Å². The van der Waals surface area contributed by atoms with Crippen molar-refractivity contribution in [3.05, 3.63) is 24.0 Å². The van der Waals surface area contributed by atoms with Crippen molar-refractivity contribution in [3.63, 3.8) is 0 Å². The van der Waals surface area contributed by atoms with Crippen LogP contribution >= 0.6 is 0 Å². The first-order valence-electron chi connectivity index (χ1n) is 6.96. The Morgan fingerprint density at radius 3 is 2.85 bits per heavy atom. The minimum atomic E-state index is -0.908. The Bertz CT molecular complexity index is 516. The lowest BCUT2D eigenvalue weighted by Gasteiger charge is -2.57. The van der Waals surface area contributed by atoms with Gasteiger partial charge in [0.1, 0.15) is 5.54 Å². The molecule has 1 aromatic rings. The van der Waals surface area contributed by atoms with Crippen molar-refractivity contribution in [2.45, 2.75) is 45.8 Å². The van der Waals surface area contributed by atoms with E-state index in [0.717, 1.165) is 5.69 Å². The quantitative estimate of drug-likeness (QED) is 0.880. The van der Waals surface area contributed by atoms with Gasteiger partial charge in [-0.15, -0.1) is 0 Å². The number of rotatable bonds is 4. The number of pyridine rings is 1. The molecule has 2 rings (SSSR count). The van der Waals surface area contributed by atoms with Crippen molar-refractivity contribution in [3.8, 4) is 0 Å². The number of hydrogen-bond donors (Lipinski definition) is 2. The highest BCUT2D eigenvalue weighted by molar-refractivity contribution is 6.00. The van der Waals surface area contributed by atoms with Crippen molar-refractivity contribution in [1.82, 2.24) is 4.98 Å². The number of hydrogen-bond acceptors (Lipinski definition) is 4. The number of aryl methyl sites for hydroxylation is 1. The van der Waals surface area contributed by atoms with E-state index < -0.39 is 5.54 Å². The average Bonchev–Trinajstić information content (AvgIpc) is 2.40. The molecule has 1 saturated carbocycles. The molecule has 0 spiro atoms. The summed E-state index contributed by atoms with van der Waals surface area (Å²) in [6.07, 6.45) is 2.26. The van der Waals surface area contributed by atoms with E-state index in [2.05, 4.69) is 10.3 Å². The summed E-state index contributed by atoms with van der Waals surface area (Å²) >= 11 is 0. The smallest absolute Gasteiger partial charge is 0.245 e. The second-order valence-corrected chi connectivity index (χ2v) is 5.93. The molecule has 20 heavy (non-hydrogen) atoms. The summed E-state index contributed by atoms with van der Waals surface area (Å²) < 4.78 is 5.64. The normalized spacial score (nSPS) is 27.8. The molecule has 1 fully saturated rings. The molecule has 0 bridgehead atoms. The topological polar surface area (TPSA) is 77.2 Å². The summed E-state index contributed by atoms with van der Waals surface area (Å²) in [5, 5.41) is 2.89. The Morgan fingerprint density at radius 2 is 2.30 bits per heavy atom. The van der Waals surface area contributed by atoms with Crippen LogP contribution in [0.15, 0.2) is 18.3 Å². The summed E-state index contributed by atoms with van der Waals surface area (Å²) in [6.45, 7) is 8.39. The van der Waals surface area contributed by atoms with E-state index in [1.807, 2.05) is 33.8 Å². The van der Waals surface area contributed by atoms with Crippen LogP contribution < -0.4 is 11.1 Å². The van der Waals surface area contributed by atoms with E-state index in [1.165, 1.54) is 0 Å². The van der Waals surface area contributed by atoms with E-state index in [9.17, 15) is 4.79 Å². The zero-order valence-corrected chi connectivity index (χ0v) is 12.6. The minimum Gasteiger partial charge on any atom is -0.378 e. The third-order valence-corrected chi connectivity index (χ3v) is 4.49. The van der Waals surface area contributed by atoms with Gasteiger partial charge in [-0.05, 0) is 26.0 Å². The number of nitrogens with zero attached hydrogens (tertiary/aromatic N) is 1. The molecule has 0 aromatic carbocycles. The summed E-state index contributed by atoms with van der Waals surface area (Å²) in [6, 6.07) is 3.62. The third-order valence-electron chi connectivity index (χ3n) is 4.49. The van der Waals surface area contributed by atoms with E-state index in [-0.39, 0.29) is 17.4 Å². The van der Waals surface area contributed by atoms with Gasteiger partial charge in [-0.2, -0.15) is 0 Å². The van der Waals surface area contributed by atoms with Crippen molar-refractivity contribution in [1.29, 1.82) is 0 Å². The van der Waals surface area contributed by atoms with Crippen molar-refractivity contribution in [2.75, 3.05) is 11.9 Å². The number of ether oxygens (including phenoxy) is 1. The molecular weight excluding hydrogens is 254 g/mol. The van der Waals surface area contributed by atoms with Crippen LogP contribution in [0.3, 0.4) is 0 Å². The number of amides is 1. The molecule has 1 heterocycles. The summed E-state index contributed by atoms with van der Waals surface area (Å²) in [5.74, 6) is -0.172. The average molecular weight is 277 g/mol.